The van der Waals surface area contributed by atoms with Crippen LogP contribution in [0.1, 0.15) is 32.5 Å². The molecule has 110 valence electrons. The Kier molecular flexibility index (Phi) is 4.70. The minimum atomic E-state index is -0.430. The van der Waals surface area contributed by atoms with Gasteiger partial charge in [0.05, 0.1) is 0 Å². The first-order valence-electron chi connectivity index (χ1n) is 6.95. The molecule has 0 spiro atoms. The van der Waals surface area contributed by atoms with Crippen LogP contribution in [0.25, 0.3) is 0 Å². The SMILES string of the molecule is CCC(C)C1NC(=O)CCN(CCc2ncon2)C1=O. The third-order valence-corrected chi connectivity index (χ3v) is 3.73. The van der Waals surface area contributed by atoms with Gasteiger partial charge in [0.25, 0.3) is 0 Å². The fourth-order valence-corrected chi connectivity index (χ4v) is 2.23. The summed E-state index contributed by atoms with van der Waals surface area (Å²) in [5.74, 6) is 0.609. The van der Waals surface area contributed by atoms with Crippen molar-refractivity contribution >= 4 is 11.8 Å². The molecule has 0 aliphatic carbocycles. The first-order chi connectivity index (χ1) is 9.61. The van der Waals surface area contributed by atoms with Crippen molar-refractivity contribution < 1.29 is 14.1 Å². The fourth-order valence-electron chi connectivity index (χ4n) is 2.23. The molecule has 2 rings (SSSR count). The third-order valence-electron chi connectivity index (χ3n) is 3.73. The Labute approximate surface area is 117 Å². The lowest BCUT2D eigenvalue weighted by Gasteiger charge is -2.26. The number of hydrogen-bond donors (Lipinski definition) is 1. The topological polar surface area (TPSA) is 88.3 Å². The maximum absolute atomic E-state index is 12.5. The van der Waals surface area contributed by atoms with E-state index in [1.165, 1.54) is 6.39 Å². The van der Waals surface area contributed by atoms with Crippen LogP contribution < -0.4 is 5.32 Å². The quantitative estimate of drug-likeness (QED) is 0.842. The van der Waals surface area contributed by atoms with Crippen molar-refractivity contribution in [2.75, 3.05) is 13.1 Å². The molecule has 2 unspecified atom stereocenters. The van der Waals surface area contributed by atoms with Gasteiger partial charge in [-0.1, -0.05) is 25.4 Å². The predicted molar refractivity (Wildman–Crippen MR) is 70.6 cm³/mol. The van der Waals surface area contributed by atoms with Gasteiger partial charge in [-0.3, -0.25) is 9.59 Å². The van der Waals surface area contributed by atoms with Crippen molar-refractivity contribution in [1.82, 2.24) is 20.4 Å². The Morgan fingerprint density at radius 3 is 3.00 bits per heavy atom. The average Bonchev–Trinajstić information content (AvgIpc) is 2.91. The van der Waals surface area contributed by atoms with Crippen LogP contribution in [0, 0.1) is 5.92 Å². The van der Waals surface area contributed by atoms with Gasteiger partial charge in [0.15, 0.2) is 5.82 Å². The number of amides is 2. The molecule has 0 saturated carbocycles. The van der Waals surface area contributed by atoms with Crippen LogP contribution in [-0.4, -0.2) is 46.0 Å². The average molecular weight is 280 g/mol. The molecule has 1 aliphatic rings. The maximum Gasteiger partial charge on any atom is 0.245 e. The molecule has 20 heavy (non-hydrogen) atoms. The molecule has 7 heteroatoms. The number of aromatic nitrogens is 2. The molecule has 1 aromatic rings. The maximum atomic E-state index is 12.5. The van der Waals surface area contributed by atoms with Gasteiger partial charge in [-0.15, -0.1) is 0 Å². The second-order valence-corrected chi connectivity index (χ2v) is 5.10. The summed E-state index contributed by atoms with van der Waals surface area (Å²) in [5, 5.41) is 6.55. The van der Waals surface area contributed by atoms with Crippen LogP contribution >= 0.6 is 0 Å². The van der Waals surface area contributed by atoms with Crippen LogP contribution in [0.15, 0.2) is 10.9 Å². The molecular weight excluding hydrogens is 260 g/mol. The highest BCUT2D eigenvalue weighted by atomic mass is 16.5. The zero-order chi connectivity index (χ0) is 14.5. The first kappa shape index (κ1) is 14.5. The van der Waals surface area contributed by atoms with Gasteiger partial charge < -0.3 is 14.7 Å². The largest absolute Gasteiger partial charge is 0.344 e. The van der Waals surface area contributed by atoms with Crippen molar-refractivity contribution in [1.29, 1.82) is 0 Å². The molecule has 0 radical (unpaired) electrons. The highest BCUT2D eigenvalue weighted by Gasteiger charge is 2.32. The summed E-state index contributed by atoms with van der Waals surface area (Å²) >= 11 is 0. The molecule has 2 amide bonds. The van der Waals surface area contributed by atoms with Gasteiger partial charge in [-0.05, 0) is 5.92 Å². The molecule has 0 bridgehead atoms. The second-order valence-electron chi connectivity index (χ2n) is 5.10. The van der Waals surface area contributed by atoms with Crippen molar-refractivity contribution in [3.05, 3.63) is 12.2 Å². The molecule has 1 fully saturated rings. The Hall–Kier alpha value is -1.92. The summed E-state index contributed by atoms with van der Waals surface area (Å²) in [4.78, 5) is 29.9. The monoisotopic (exact) mass is 280 g/mol. The number of nitrogens with one attached hydrogen (secondary N) is 1. The highest BCUT2D eigenvalue weighted by molar-refractivity contribution is 5.90. The van der Waals surface area contributed by atoms with E-state index in [4.69, 9.17) is 0 Å². The van der Waals surface area contributed by atoms with Crippen LogP contribution in [0.4, 0.5) is 0 Å². The van der Waals surface area contributed by atoms with Gasteiger partial charge in [-0.2, -0.15) is 4.98 Å². The van der Waals surface area contributed by atoms with Crippen LogP contribution in [0.3, 0.4) is 0 Å². The smallest absolute Gasteiger partial charge is 0.245 e. The van der Waals surface area contributed by atoms with Gasteiger partial charge in [0.2, 0.25) is 18.2 Å². The lowest BCUT2D eigenvalue weighted by molar-refractivity contribution is -0.134. The normalized spacial score (nSPS) is 21.5. The molecule has 0 aromatic carbocycles. The fraction of sp³-hybridized carbons (Fsp3) is 0.692. The molecule has 1 aromatic heterocycles. The van der Waals surface area contributed by atoms with E-state index in [-0.39, 0.29) is 17.7 Å². The Bertz CT molecular complexity index is 460. The van der Waals surface area contributed by atoms with E-state index in [1.54, 1.807) is 4.90 Å². The molecule has 1 saturated heterocycles. The number of rotatable bonds is 5. The van der Waals surface area contributed by atoms with Gasteiger partial charge in [0, 0.05) is 25.9 Å². The van der Waals surface area contributed by atoms with E-state index in [9.17, 15) is 9.59 Å². The van der Waals surface area contributed by atoms with Crippen LogP contribution in [0.5, 0.6) is 0 Å². The van der Waals surface area contributed by atoms with Gasteiger partial charge >= 0.3 is 0 Å². The molecule has 2 heterocycles. The number of carbonyl (C=O) groups excluding carboxylic acids is 2. The summed E-state index contributed by atoms with van der Waals surface area (Å²) in [5.41, 5.74) is 0. The van der Waals surface area contributed by atoms with Crippen LogP contribution in [-0.2, 0) is 16.0 Å². The first-order valence-corrected chi connectivity index (χ1v) is 6.95. The van der Waals surface area contributed by atoms with Crippen molar-refractivity contribution in [3.63, 3.8) is 0 Å². The van der Waals surface area contributed by atoms with E-state index in [2.05, 4.69) is 20.0 Å². The zero-order valence-electron chi connectivity index (χ0n) is 11.8. The number of hydrogen-bond acceptors (Lipinski definition) is 5. The van der Waals surface area contributed by atoms with Gasteiger partial charge in [0.1, 0.15) is 6.04 Å². The van der Waals surface area contributed by atoms with E-state index in [0.717, 1.165) is 6.42 Å². The summed E-state index contributed by atoms with van der Waals surface area (Å²) in [7, 11) is 0. The lowest BCUT2D eigenvalue weighted by atomic mass is 9.98. The summed E-state index contributed by atoms with van der Waals surface area (Å²) < 4.78 is 4.67. The zero-order valence-corrected chi connectivity index (χ0v) is 11.8. The Morgan fingerprint density at radius 2 is 2.35 bits per heavy atom. The second kappa shape index (κ2) is 6.49. The number of nitrogens with zero attached hydrogens (tertiary/aromatic N) is 3. The lowest BCUT2D eigenvalue weighted by Crippen LogP contribution is -2.48. The van der Waals surface area contributed by atoms with E-state index >= 15 is 0 Å². The minimum Gasteiger partial charge on any atom is -0.344 e. The standard InChI is InChI=1S/C13H20N4O3/c1-3-9(2)12-13(19)17(7-5-11(18)15-12)6-4-10-14-8-20-16-10/h8-9,12H,3-7H2,1-2H3,(H,15,18). The van der Waals surface area contributed by atoms with E-state index < -0.39 is 6.04 Å². The summed E-state index contributed by atoms with van der Waals surface area (Å²) in [6.07, 6.45) is 2.98. The van der Waals surface area contributed by atoms with Crippen molar-refractivity contribution in [3.8, 4) is 0 Å². The molecular formula is C13H20N4O3. The van der Waals surface area contributed by atoms with Crippen molar-refractivity contribution in [2.24, 2.45) is 5.92 Å². The van der Waals surface area contributed by atoms with Gasteiger partial charge in [-0.25, -0.2) is 0 Å². The summed E-state index contributed by atoms with van der Waals surface area (Å²) in [6, 6.07) is -0.430. The molecule has 7 nitrogen and oxygen atoms in total. The minimum absolute atomic E-state index is 0.0197. The molecule has 2 atom stereocenters. The number of carbonyl (C=O) groups is 2. The van der Waals surface area contributed by atoms with Crippen molar-refractivity contribution in [2.45, 2.75) is 39.2 Å². The predicted octanol–water partition coefficient (Wildman–Crippen LogP) is 0.375. The van der Waals surface area contributed by atoms with Crippen LogP contribution in [0.2, 0.25) is 0 Å². The van der Waals surface area contributed by atoms with E-state index in [0.29, 0.717) is 31.8 Å². The molecule has 1 aliphatic heterocycles. The summed E-state index contributed by atoms with van der Waals surface area (Å²) in [6.45, 7) is 4.93. The third kappa shape index (κ3) is 3.34. The molecule has 1 N–H and O–H groups in total. The Morgan fingerprint density at radius 1 is 1.55 bits per heavy atom. The van der Waals surface area contributed by atoms with E-state index in [1.807, 2.05) is 13.8 Å². The highest BCUT2D eigenvalue weighted by Crippen LogP contribution is 2.14. The Balaban J connectivity index is 2.03.